The number of benzene rings is 4. The summed E-state index contributed by atoms with van der Waals surface area (Å²) in [5, 5.41) is 3.97. The van der Waals surface area contributed by atoms with Crippen molar-refractivity contribution in [1.29, 1.82) is 0 Å². The second-order valence-corrected chi connectivity index (χ2v) is 15.0. The van der Waals surface area contributed by atoms with Gasteiger partial charge in [0.05, 0.1) is 22.7 Å². The maximum atomic E-state index is 14.8. The Morgan fingerprint density at radius 1 is 0.837 bits per heavy atom. The first kappa shape index (κ1) is 36.5. The molecule has 1 atom stereocenters. The van der Waals surface area contributed by atoms with E-state index in [4.69, 9.17) is 39.5 Å². The molecule has 0 unspecified atom stereocenters. The zero-order valence-corrected chi connectivity index (χ0v) is 30.1. The summed E-state index contributed by atoms with van der Waals surface area (Å²) in [4.78, 5) is 30.4. The zero-order chi connectivity index (χ0) is 35.0. The van der Waals surface area contributed by atoms with Crippen LogP contribution in [0.5, 0.6) is 5.75 Å². The number of carbonyl (C=O) groups excluding carboxylic acids is 2. The molecule has 4 aromatic rings. The lowest BCUT2D eigenvalue weighted by atomic mass is 9.94. The maximum absolute atomic E-state index is 14.8. The molecule has 4 aromatic carbocycles. The fraction of sp³-hybridized carbons (Fsp3) is 0.297. The summed E-state index contributed by atoms with van der Waals surface area (Å²) in [5.41, 5.74) is 1.41. The minimum atomic E-state index is -4.30. The molecule has 0 saturated heterocycles. The Bertz CT molecular complexity index is 1840. The number of halogens is 3. The highest BCUT2D eigenvalue weighted by atomic mass is 35.5. The Labute approximate surface area is 303 Å². The fourth-order valence-corrected chi connectivity index (χ4v) is 8.21. The minimum Gasteiger partial charge on any atom is -0.495 e. The molecule has 49 heavy (non-hydrogen) atoms. The van der Waals surface area contributed by atoms with Gasteiger partial charge in [-0.2, -0.15) is 0 Å². The molecule has 1 aliphatic carbocycles. The summed E-state index contributed by atoms with van der Waals surface area (Å²) in [7, 11) is -2.85. The first-order valence-corrected chi connectivity index (χ1v) is 18.6. The number of anilines is 1. The van der Waals surface area contributed by atoms with E-state index in [0.717, 1.165) is 42.0 Å². The van der Waals surface area contributed by atoms with Crippen molar-refractivity contribution in [3.8, 4) is 5.75 Å². The summed E-state index contributed by atoms with van der Waals surface area (Å²) in [6.07, 6.45) is 4.97. The van der Waals surface area contributed by atoms with Gasteiger partial charge in [0.2, 0.25) is 11.8 Å². The van der Waals surface area contributed by atoms with Crippen LogP contribution in [0.15, 0.2) is 102 Å². The lowest BCUT2D eigenvalue weighted by Crippen LogP contribution is -2.55. The first-order chi connectivity index (χ1) is 23.6. The molecule has 0 heterocycles. The fourth-order valence-electron chi connectivity index (χ4n) is 6.01. The number of carbonyl (C=O) groups is 2. The number of methoxy groups -OCH3 is 1. The van der Waals surface area contributed by atoms with Crippen LogP contribution in [-0.2, 0) is 32.6 Å². The van der Waals surface area contributed by atoms with Crippen molar-refractivity contribution >= 4 is 62.3 Å². The van der Waals surface area contributed by atoms with Crippen molar-refractivity contribution in [2.24, 2.45) is 0 Å². The van der Waals surface area contributed by atoms with Gasteiger partial charge in [0.25, 0.3) is 10.0 Å². The lowest BCUT2D eigenvalue weighted by Gasteiger charge is -2.35. The van der Waals surface area contributed by atoms with Crippen molar-refractivity contribution < 1.29 is 22.7 Å². The topological polar surface area (TPSA) is 96.0 Å². The van der Waals surface area contributed by atoms with Gasteiger partial charge in [-0.3, -0.25) is 13.9 Å². The molecule has 0 spiro atoms. The molecule has 0 radical (unpaired) electrons. The predicted octanol–water partition coefficient (Wildman–Crippen LogP) is 7.94. The quantitative estimate of drug-likeness (QED) is 0.150. The molecular weight excluding hydrogens is 705 g/mol. The average molecular weight is 743 g/mol. The summed E-state index contributed by atoms with van der Waals surface area (Å²) in [6, 6.07) is 25.6. The van der Waals surface area contributed by atoms with Gasteiger partial charge in [0, 0.05) is 34.6 Å². The van der Waals surface area contributed by atoms with Crippen LogP contribution >= 0.6 is 34.8 Å². The maximum Gasteiger partial charge on any atom is 0.264 e. The number of ether oxygens (including phenoxy) is 1. The van der Waals surface area contributed by atoms with E-state index in [1.54, 1.807) is 36.4 Å². The van der Waals surface area contributed by atoms with Gasteiger partial charge in [-0.05, 0) is 60.9 Å². The van der Waals surface area contributed by atoms with Crippen LogP contribution in [0.1, 0.15) is 43.2 Å². The first-order valence-electron chi connectivity index (χ1n) is 16.1. The van der Waals surface area contributed by atoms with Gasteiger partial charge in [0.15, 0.2) is 0 Å². The molecule has 1 N–H and O–H groups in total. The molecule has 258 valence electrons. The van der Waals surface area contributed by atoms with Crippen LogP contribution < -0.4 is 14.4 Å². The van der Waals surface area contributed by atoms with Gasteiger partial charge in [-0.1, -0.05) is 109 Å². The van der Waals surface area contributed by atoms with E-state index in [-0.39, 0.29) is 40.5 Å². The molecular formula is C37H38Cl3N3O5S. The largest absolute Gasteiger partial charge is 0.495 e. The number of nitrogens with zero attached hydrogens (tertiary/aromatic N) is 2. The standard InChI is InChI=1S/C37H38Cl3N3O5S/c1-48-35-21-20-28(23-33(35)40)43(49(46,47)29-16-9-4-10-17-29)25-36(44)42(24-30-31(38)18-11-19-32(30)39)34(22-26-12-5-2-6-13-26)37(45)41-27-14-7-3-8-15-27/h2,4-6,9-13,16-21,23,27,34H,3,7-8,14-15,22,24-25H2,1H3,(H,41,45)/t34-/m0/s1. The smallest absolute Gasteiger partial charge is 0.264 e. The number of rotatable bonds is 13. The number of hydrogen-bond acceptors (Lipinski definition) is 5. The minimum absolute atomic E-state index is 0.0219. The van der Waals surface area contributed by atoms with Crippen LogP contribution in [0.25, 0.3) is 0 Å². The molecule has 0 bridgehead atoms. The third kappa shape index (κ3) is 9.08. The molecule has 2 amide bonds. The SMILES string of the molecule is COc1ccc(N(CC(=O)N(Cc2c(Cl)cccc2Cl)[C@@H](Cc2ccccc2)C(=O)NC2CCCCC2)S(=O)(=O)c2ccccc2)cc1Cl. The van der Waals surface area contributed by atoms with Gasteiger partial charge in [-0.25, -0.2) is 8.42 Å². The lowest BCUT2D eigenvalue weighted by molar-refractivity contribution is -0.140. The highest BCUT2D eigenvalue weighted by Crippen LogP contribution is 2.33. The Balaban J connectivity index is 1.60. The van der Waals surface area contributed by atoms with Crippen LogP contribution in [0.3, 0.4) is 0 Å². The van der Waals surface area contributed by atoms with Crippen molar-refractivity contribution in [3.63, 3.8) is 0 Å². The molecule has 0 aliphatic heterocycles. The van der Waals surface area contributed by atoms with Crippen molar-refractivity contribution in [2.75, 3.05) is 18.0 Å². The van der Waals surface area contributed by atoms with Gasteiger partial charge in [-0.15, -0.1) is 0 Å². The summed E-state index contributed by atoms with van der Waals surface area (Å²) >= 11 is 19.7. The number of nitrogens with one attached hydrogen (secondary N) is 1. The van der Waals surface area contributed by atoms with Crippen LogP contribution in [-0.4, -0.2) is 50.9 Å². The van der Waals surface area contributed by atoms with Crippen molar-refractivity contribution in [3.05, 3.63) is 123 Å². The summed E-state index contributed by atoms with van der Waals surface area (Å²) < 4.78 is 34.8. The zero-order valence-electron chi connectivity index (χ0n) is 27.0. The van der Waals surface area contributed by atoms with Crippen LogP contribution in [0.4, 0.5) is 5.69 Å². The molecule has 0 aromatic heterocycles. The Kier molecular flexibility index (Phi) is 12.5. The Hall–Kier alpha value is -3.76. The van der Waals surface area contributed by atoms with Crippen LogP contribution in [0.2, 0.25) is 15.1 Å². The molecule has 5 rings (SSSR count). The van der Waals surface area contributed by atoms with E-state index in [1.165, 1.54) is 42.3 Å². The van der Waals surface area contributed by atoms with E-state index in [9.17, 15) is 18.0 Å². The number of hydrogen-bond donors (Lipinski definition) is 1. The second kappa shape index (κ2) is 16.8. The average Bonchev–Trinajstić information content (AvgIpc) is 3.11. The normalized spacial score (nSPS) is 14.1. The van der Waals surface area contributed by atoms with E-state index in [2.05, 4.69) is 5.32 Å². The monoisotopic (exact) mass is 741 g/mol. The third-order valence-electron chi connectivity index (χ3n) is 8.65. The van der Waals surface area contributed by atoms with Crippen molar-refractivity contribution in [1.82, 2.24) is 10.2 Å². The molecule has 1 saturated carbocycles. The molecule has 8 nitrogen and oxygen atoms in total. The highest BCUT2D eigenvalue weighted by molar-refractivity contribution is 7.92. The number of sulfonamides is 1. The molecule has 1 aliphatic rings. The highest BCUT2D eigenvalue weighted by Gasteiger charge is 2.36. The second-order valence-electron chi connectivity index (χ2n) is 11.9. The van der Waals surface area contributed by atoms with Gasteiger partial charge >= 0.3 is 0 Å². The van der Waals surface area contributed by atoms with E-state index in [0.29, 0.717) is 21.4 Å². The summed E-state index contributed by atoms with van der Waals surface area (Å²) in [5.74, 6) is -0.634. The van der Waals surface area contributed by atoms with E-state index in [1.807, 2.05) is 30.3 Å². The number of amides is 2. The van der Waals surface area contributed by atoms with Crippen LogP contribution in [0, 0.1) is 0 Å². The van der Waals surface area contributed by atoms with Crippen molar-refractivity contribution in [2.45, 2.75) is 62.0 Å². The van der Waals surface area contributed by atoms with E-state index >= 15 is 0 Å². The van der Waals surface area contributed by atoms with Gasteiger partial charge in [0.1, 0.15) is 18.3 Å². The molecule has 1 fully saturated rings. The summed E-state index contributed by atoms with van der Waals surface area (Å²) in [6.45, 7) is -0.792. The molecule has 12 heteroatoms. The Morgan fingerprint density at radius 3 is 2.08 bits per heavy atom. The van der Waals surface area contributed by atoms with E-state index < -0.39 is 28.5 Å². The predicted molar refractivity (Wildman–Crippen MR) is 195 cm³/mol. The Morgan fingerprint density at radius 2 is 1.47 bits per heavy atom. The third-order valence-corrected chi connectivity index (χ3v) is 11.4. The van der Waals surface area contributed by atoms with Gasteiger partial charge < -0.3 is 15.0 Å².